The van der Waals surface area contributed by atoms with Crippen LogP contribution in [0.1, 0.15) is 64.6 Å². The summed E-state index contributed by atoms with van der Waals surface area (Å²) in [5.41, 5.74) is 0.146. The standard InChI is InChI=1S/C24H25NO8/c1-8-15-19(22-13(31-8)7-14(27)32-22)21(29)18-16-9(5-11(26)17(18)20(15)28)24(2)23(30)10(25(3)4)6-12(16)33-24/h5,8,10,12-13,22-23,26,30H,6-7H2,1-4H3/t8-,10-,12-,13-,22+,23+,24-/m1/s1. The molecule has 0 aromatic heterocycles. The van der Waals surface area contributed by atoms with Crippen LogP contribution in [0.2, 0.25) is 0 Å². The number of carbonyl (C=O) groups excluding carboxylic acids is 3. The average Bonchev–Trinajstić information content (AvgIpc) is 3.22. The number of fused-ring (bicyclic) bond motifs is 9. The van der Waals surface area contributed by atoms with Gasteiger partial charge >= 0.3 is 5.97 Å². The first-order valence-electron chi connectivity index (χ1n) is 11.2. The molecule has 4 heterocycles. The van der Waals surface area contributed by atoms with Gasteiger partial charge in [0.05, 0.1) is 29.8 Å². The van der Waals surface area contributed by atoms with E-state index >= 15 is 0 Å². The van der Waals surface area contributed by atoms with Crippen LogP contribution in [0.3, 0.4) is 0 Å². The van der Waals surface area contributed by atoms with Gasteiger partial charge in [-0.2, -0.15) is 0 Å². The minimum Gasteiger partial charge on any atom is -0.507 e. The van der Waals surface area contributed by atoms with Gasteiger partial charge in [-0.25, -0.2) is 0 Å². The Hall–Kier alpha value is -2.59. The number of benzene rings is 1. The molecule has 7 atom stereocenters. The maximum absolute atomic E-state index is 14.0. The van der Waals surface area contributed by atoms with Gasteiger partial charge in [-0.3, -0.25) is 14.4 Å². The lowest BCUT2D eigenvalue weighted by Gasteiger charge is -2.43. The van der Waals surface area contributed by atoms with E-state index < -0.39 is 53.7 Å². The molecule has 0 unspecified atom stereocenters. The number of carbonyl (C=O) groups is 3. The van der Waals surface area contributed by atoms with E-state index in [2.05, 4.69) is 0 Å². The van der Waals surface area contributed by atoms with Crippen LogP contribution >= 0.6 is 0 Å². The molecule has 0 amide bonds. The molecule has 2 bridgehead atoms. The molecular formula is C24H25NO8. The van der Waals surface area contributed by atoms with E-state index in [1.54, 1.807) is 13.8 Å². The van der Waals surface area contributed by atoms with Gasteiger partial charge in [0.1, 0.15) is 23.6 Å². The minimum atomic E-state index is -1.15. The summed E-state index contributed by atoms with van der Waals surface area (Å²) in [7, 11) is 3.73. The second kappa shape index (κ2) is 6.50. The molecule has 2 saturated heterocycles. The number of rotatable bonds is 1. The third kappa shape index (κ3) is 2.48. The van der Waals surface area contributed by atoms with Gasteiger partial charge in [-0.05, 0) is 51.6 Å². The summed E-state index contributed by atoms with van der Waals surface area (Å²) in [5.74, 6) is -1.79. The lowest BCUT2D eigenvalue weighted by atomic mass is 9.73. The Kier molecular flexibility index (Phi) is 4.13. The van der Waals surface area contributed by atoms with E-state index in [1.807, 2.05) is 19.0 Å². The topological polar surface area (TPSA) is 123 Å². The first kappa shape index (κ1) is 21.0. The van der Waals surface area contributed by atoms with Crippen molar-refractivity contribution in [3.63, 3.8) is 0 Å². The fraction of sp³-hybridized carbons (Fsp3) is 0.542. The Bertz CT molecular complexity index is 1190. The largest absolute Gasteiger partial charge is 0.507 e. The SMILES string of the molecule is C[C@H]1O[C@@H]2CC(=O)O[C@@H]2C2=C1C(=O)c1c(O)cc3c(c1C2=O)[C@H]1C[C@@H](N(C)C)[C@H](O)[C@]3(C)O1. The summed E-state index contributed by atoms with van der Waals surface area (Å²) in [4.78, 5) is 41.5. The molecule has 6 rings (SSSR count). The summed E-state index contributed by atoms with van der Waals surface area (Å²) >= 11 is 0. The van der Waals surface area contributed by atoms with Gasteiger partial charge in [-0.1, -0.05) is 0 Å². The number of Topliss-reactive ketones (excluding diaryl/α,β-unsaturated/α-hetero) is 2. The zero-order valence-corrected chi connectivity index (χ0v) is 18.7. The number of phenolic OH excluding ortho intramolecular Hbond substituents is 1. The quantitative estimate of drug-likeness (QED) is 0.601. The van der Waals surface area contributed by atoms with Crippen molar-refractivity contribution in [2.75, 3.05) is 14.1 Å². The van der Waals surface area contributed by atoms with Gasteiger partial charge < -0.3 is 29.3 Å². The van der Waals surface area contributed by atoms with Gasteiger partial charge in [-0.15, -0.1) is 0 Å². The highest BCUT2D eigenvalue weighted by molar-refractivity contribution is 6.29. The van der Waals surface area contributed by atoms with E-state index in [-0.39, 0.29) is 40.5 Å². The number of phenols is 1. The summed E-state index contributed by atoms with van der Waals surface area (Å²) < 4.78 is 17.5. The predicted octanol–water partition coefficient (Wildman–Crippen LogP) is 1.15. The third-order valence-corrected chi connectivity index (χ3v) is 7.91. The molecule has 1 aromatic rings. The van der Waals surface area contributed by atoms with Crippen LogP contribution in [-0.4, -0.2) is 77.2 Å². The molecule has 174 valence electrons. The summed E-state index contributed by atoms with van der Waals surface area (Å²) in [6, 6.07) is 1.20. The van der Waals surface area contributed by atoms with Crippen LogP contribution in [0.4, 0.5) is 0 Å². The molecule has 5 aliphatic rings. The van der Waals surface area contributed by atoms with E-state index in [1.165, 1.54) is 6.07 Å². The molecule has 9 heteroatoms. The van der Waals surface area contributed by atoms with E-state index in [0.29, 0.717) is 17.5 Å². The smallest absolute Gasteiger partial charge is 0.309 e. The zero-order valence-electron chi connectivity index (χ0n) is 18.7. The second-order valence-electron chi connectivity index (χ2n) is 9.95. The molecule has 2 N–H and O–H groups in total. The van der Waals surface area contributed by atoms with E-state index in [0.717, 1.165) is 0 Å². The number of aliphatic hydroxyl groups is 1. The highest BCUT2D eigenvalue weighted by Crippen LogP contribution is 2.57. The van der Waals surface area contributed by atoms with Crippen molar-refractivity contribution in [3.05, 3.63) is 39.5 Å². The number of nitrogens with zero attached hydrogens (tertiary/aromatic N) is 1. The first-order valence-corrected chi connectivity index (χ1v) is 11.2. The Morgan fingerprint density at radius 3 is 2.52 bits per heavy atom. The Balaban J connectivity index is 1.58. The number of hydrogen-bond acceptors (Lipinski definition) is 9. The van der Waals surface area contributed by atoms with Gasteiger partial charge in [0.25, 0.3) is 0 Å². The Morgan fingerprint density at radius 2 is 1.82 bits per heavy atom. The fourth-order valence-corrected chi connectivity index (χ4v) is 6.35. The predicted molar refractivity (Wildman–Crippen MR) is 112 cm³/mol. The summed E-state index contributed by atoms with van der Waals surface area (Å²) in [5, 5.41) is 22.1. The van der Waals surface area contributed by atoms with Crippen molar-refractivity contribution >= 4 is 17.5 Å². The molecule has 1 aromatic carbocycles. The van der Waals surface area contributed by atoms with Crippen molar-refractivity contribution in [2.24, 2.45) is 0 Å². The van der Waals surface area contributed by atoms with E-state index in [4.69, 9.17) is 14.2 Å². The number of esters is 1. The lowest BCUT2D eigenvalue weighted by Crippen LogP contribution is -2.53. The number of hydrogen-bond donors (Lipinski definition) is 2. The molecule has 0 spiro atoms. The van der Waals surface area contributed by atoms with Crippen LogP contribution in [0.25, 0.3) is 0 Å². The molecule has 2 fully saturated rings. The number of aliphatic hydroxyl groups excluding tert-OH is 1. The maximum atomic E-state index is 14.0. The molecule has 0 saturated carbocycles. The average molecular weight is 455 g/mol. The summed E-state index contributed by atoms with van der Waals surface area (Å²) in [6.07, 6.45) is -3.32. The molecule has 1 aliphatic carbocycles. The van der Waals surface area contributed by atoms with Gasteiger partial charge in [0.2, 0.25) is 0 Å². The first-order chi connectivity index (χ1) is 15.5. The third-order valence-electron chi connectivity index (χ3n) is 7.91. The van der Waals surface area contributed by atoms with Crippen molar-refractivity contribution in [1.82, 2.24) is 4.90 Å². The Morgan fingerprint density at radius 1 is 1.12 bits per heavy atom. The Labute approximate surface area is 189 Å². The number of ketones is 2. The monoisotopic (exact) mass is 455 g/mol. The van der Waals surface area contributed by atoms with Crippen LogP contribution in [0.15, 0.2) is 17.2 Å². The van der Waals surface area contributed by atoms with Crippen molar-refractivity contribution in [3.8, 4) is 5.75 Å². The molecular weight excluding hydrogens is 430 g/mol. The van der Waals surface area contributed by atoms with Crippen LogP contribution in [0, 0.1) is 0 Å². The van der Waals surface area contributed by atoms with Crippen molar-refractivity contribution in [1.29, 1.82) is 0 Å². The van der Waals surface area contributed by atoms with E-state index in [9.17, 15) is 24.6 Å². The van der Waals surface area contributed by atoms with Gasteiger partial charge in [0.15, 0.2) is 17.7 Å². The van der Waals surface area contributed by atoms with Crippen molar-refractivity contribution < 1.29 is 38.8 Å². The molecule has 9 nitrogen and oxygen atoms in total. The van der Waals surface area contributed by atoms with Crippen LogP contribution in [-0.2, 0) is 24.6 Å². The van der Waals surface area contributed by atoms with Crippen molar-refractivity contribution in [2.45, 2.75) is 68.9 Å². The zero-order chi connectivity index (χ0) is 23.6. The number of aromatic hydroxyl groups is 1. The lowest BCUT2D eigenvalue weighted by molar-refractivity contribution is -0.194. The van der Waals surface area contributed by atoms with Crippen LogP contribution < -0.4 is 0 Å². The van der Waals surface area contributed by atoms with Crippen LogP contribution in [0.5, 0.6) is 5.75 Å². The highest BCUT2D eigenvalue weighted by Gasteiger charge is 2.59. The second-order valence-corrected chi connectivity index (χ2v) is 9.95. The normalized spacial score (nSPS) is 38.8. The van der Waals surface area contributed by atoms with Gasteiger partial charge in [0, 0.05) is 17.2 Å². The molecule has 0 radical (unpaired) electrons. The highest BCUT2D eigenvalue weighted by atomic mass is 16.6. The molecule has 33 heavy (non-hydrogen) atoms. The number of likely N-dealkylation sites (N-methyl/N-ethyl adjacent to an activating group) is 1. The molecule has 4 aliphatic heterocycles. The summed E-state index contributed by atoms with van der Waals surface area (Å²) in [6.45, 7) is 3.40. The minimum absolute atomic E-state index is 0.0127. The maximum Gasteiger partial charge on any atom is 0.309 e. The fourth-order valence-electron chi connectivity index (χ4n) is 6.35. The number of ether oxygens (including phenoxy) is 3.